The molecule has 1 fully saturated rings. The Labute approximate surface area is 235 Å². The van der Waals surface area contributed by atoms with E-state index in [0.717, 1.165) is 11.1 Å². The van der Waals surface area contributed by atoms with E-state index in [2.05, 4.69) is 33.0 Å². The summed E-state index contributed by atoms with van der Waals surface area (Å²) >= 11 is 0. The minimum Gasteiger partial charge on any atom is -0.349 e. The predicted octanol–water partition coefficient (Wildman–Crippen LogP) is 4.19. The summed E-state index contributed by atoms with van der Waals surface area (Å²) in [6.07, 6.45) is 5.43. The molecule has 1 aliphatic heterocycles. The molecule has 1 unspecified atom stereocenters. The van der Waals surface area contributed by atoms with E-state index in [1.165, 1.54) is 11.1 Å². The van der Waals surface area contributed by atoms with E-state index in [4.69, 9.17) is 0 Å². The largest absolute Gasteiger partial charge is 0.349 e. The molecular formula is C32H39N5O3. The first kappa shape index (κ1) is 27.6. The third-order valence-electron chi connectivity index (χ3n) is 7.79. The van der Waals surface area contributed by atoms with Crippen LogP contribution in [0.1, 0.15) is 63.8 Å². The van der Waals surface area contributed by atoms with Gasteiger partial charge in [-0.05, 0) is 74.1 Å². The molecule has 1 aliphatic carbocycles. The molecule has 0 bridgehead atoms. The molecule has 0 saturated carbocycles. The molecule has 3 amide bonds. The Hall–Kier alpha value is -3.94. The van der Waals surface area contributed by atoms with Crippen molar-refractivity contribution in [1.29, 1.82) is 0 Å². The number of fused-ring (bicyclic) bond motifs is 1. The van der Waals surface area contributed by atoms with Gasteiger partial charge >= 0.3 is 0 Å². The zero-order chi connectivity index (χ0) is 28.6. The summed E-state index contributed by atoms with van der Waals surface area (Å²) in [7, 11) is 0. The number of nitrogens with zero attached hydrogens (tertiary/aromatic N) is 2. The van der Waals surface area contributed by atoms with Crippen LogP contribution < -0.4 is 10.6 Å². The number of piperazine rings is 1. The van der Waals surface area contributed by atoms with Crippen molar-refractivity contribution in [3.05, 3.63) is 77.6 Å². The van der Waals surface area contributed by atoms with Gasteiger partial charge in [0.1, 0.15) is 18.1 Å². The summed E-state index contributed by atoms with van der Waals surface area (Å²) in [5.74, 6) is -0.609. The molecule has 1 aromatic heterocycles. The molecule has 8 nitrogen and oxygen atoms in total. The van der Waals surface area contributed by atoms with E-state index >= 15 is 0 Å². The highest BCUT2D eigenvalue weighted by Crippen LogP contribution is 2.36. The molecule has 2 aliphatic rings. The van der Waals surface area contributed by atoms with Crippen molar-refractivity contribution < 1.29 is 14.4 Å². The van der Waals surface area contributed by atoms with Crippen LogP contribution in [0.2, 0.25) is 0 Å². The average Bonchev–Trinajstić information content (AvgIpc) is 3.57. The third-order valence-corrected chi connectivity index (χ3v) is 7.79. The van der Waals surface area contributed by atoms with Crippen LogP contribution in [0.5, 0.6) is 0 Å². The minimum atomic E-state index is -0.953. The van der Waals surface area contributed by atoms with E-state index in [9.17, 15) is 14.4 Å². The molecule has 2 heterocycles. The Bertz CT molecular complexity index is 1350. The molecular weight excluding hydrogens is 502 g/mol. The first-order chi connectivity index (χ1) is 19.0. The van der Waals surface area contributed by atoms with Gasteiger partial charge in [0.25, 0.3) is 0 Å². The van der Waals surface area contributed by atoms with Gasteiger partial charge in [0, 0.05) is 17.3 Å². The molecule has 5 rings (SSSR count). The lowest BCUT2D eigenvalue weighted by Crippen LogP contribution is -2.67. The topological polar surface area (TPSA) is 107 Å². The SMILES string of the molecule is CC(C)C[C@@H]1C(=O)NC(C2Cc3ccccc3C2)C(=O)N1[C@@H](C(=O)NC(C)(C)C)c1ccc(-c2cn[nH]c2)cc1. The number of hydrogen-bond donors (Lipinski definition) is 3. The van der Waals surface area contributed by atoms with Gasteiger partial charge in [0.15, 0.2) is 0 Å². The number of carbonyl (C=O) groups excluding carboxylic acids is 3. The summed E-state index contributed by atoms with van der Waals surface area (Å²) in [4.78, 5) is 43.8. The fourth-order valence-corrected chi connectivity index (χ4v) is 6.02. The van der Waals surface area contributed by atoms with Gasteiger partial charge in [0.05, 0.1) is 6.20 Å². The summed E-state index contributed by atoms with van der Waals surface area (Å²) in [6, 6.07) is 13.4. The standard InChI is InChI=1S/C32H39N5O3/c1-19(2)14-26-29(38)35-27(24-15-22-8-6-7-9-23(22)16-24)31(40)37(26)28(30(39)36-32(3,4)5)21-12-10-20(11-13-21)25-17-33-34-18-25/h6-13,17-19,24,26-28H,14-16H2,1-5H3,(H,33,34)(H,35,38)(H,36,39)/t26-,27?,28-/m1/s1. The third kappa shape index (κ3) is 5.67. The lowest BCUT2D eigenvalue weighted by molar-refractivity contribution is -0.158. The van der Waals surface area contributed by atoms with Crippen LogP contribution in [0.4, 0.5) is 0 Å². The highest BCUT2D eigenvalue weighted by Gasteiger charge is 2.49. The maximum absolute atomic E-state index is 14.5. The van der Waals surface area contributed by atoms with Crippen molar-refractivity contribution in [2.75, 3.05) is 0 Å². The van der Waals surface area contributed by atoms with E-state index < -0.39 is 23.7 Å². The van der Waals surface area contributed by atoms with Crippen LogP contribution in [-0.2, 0) is 27.2 Å². The number of carbonyl (C=O) groups is 3. The lowest BCUT2D eigenvalue weighted by Gasteiger charge is -2.45. The fraction of sp³-hybridized carbons (Fsp3) is 0.438. The molecule has 8 heteroatoms. The summed E-state index contributed by atoms with van der Waals surface area (Å²) in [5.41, 5.74) is 4.43. The van der Waals surface area contributed by atoms with Crippen molar-refractivity contribution in [2.45, 2.75) is 77.5 Å². The smallest absolute Gasteiger partial charge is 0.247 e. The van der Waals surface area contributed by atoms with Crippen LogP contribution in [0, 0.1) is 11.8 Å². The Kier molecular flexibility index (Phi) is 7.53. The van der Waals surface area contributed by atoms with Gasteiger partial charge in [-0.2, -0.15) is 5.10 Å². The Morgan fingerprint density at radius 2 is 1.68 bits per heavy atom. The molecule has 3 N–H and O–H groups in total. The van der Waals surface area contributed by atoms with Crippen molar-refractivity contribution in [3.63, 3.8) is 0 Å². The maximum atomic E-state index is 14.5. The van der Waals surface area contributed by atoms with Crippen LogP contribution in [0.25, 0.3) is 11.1 Å². The second-order valence-electron chi connectivity index (χ2n) is 12.6. The molecule has 1 saturated heterocycles. The van der Waals surface area contributed by atoms with Gasteiger partial charge in [-0.1, -0.05) is 62.4 Å². The summed E-state index contributed by atoms with van der Waals surface area (Å²) in [5, 5.41) is 13.0. The second kappa shape index (κ2) is 10.9. The summed E-state index contributed by atoms with van der Waals surface area (Å²) in [6.45, 7) is 9.80. The Morgan fingerprint density at radius 1 is 1.02 bits per heavy atom. The van der Waals surface area contributed by atoms with Crippen molar-refractivity contribution in [3.8, 4) is 11.1 Å². The Balaban J connectivity index is 1.55. The second-order valence-corrected chi connectivity index (χ2v) is 12.6. The van der Waals surface area contributed by atoms with Crippen LogP contribution in [0.15, 0.2) is 60.9 Å². The van der Waals surface area contributed by atoms with E-state index in [1.54, 1.807) is 17.3 Å². The zero-order valence-electron chi connectivity index (χ0n) is 23.9. The van der Waals surface area contributed by atoms with Crippen molar-refractivity contribution >= 4 is 17.7 Å². The van der Waals surface area contributed by atoms with E-state index in [1.807, 2.05) is 71.0 Å². The minimum absolute atomic E-state index is 0.0638. The first-order valence-electron chi connectivity index (χ1n) is 14.1. The van der Waals surface area contributed by atoms with Crippen LogP contribution in [-0.4, -0.2) is 50.4 Å². The van der Waals surface area contributed by atoms with Crippen LogP contribution in [0.3, 0.4) is 0 Å². The van der Waals surface area contributed by atoms with Gasteiger partial charge in [-0.3, -0.25) is 19.5 Å². The average molecular weight is 542 g/mol. The fourth-order valence-electron chi connectivity index (χ4n) is 6.02. The molecule has 40 heavy (non-hydrogen) atoms. The van der Waals surface area contributed by atoms with Gasteiger partial charge in [0.2, 0.25) is 17.7 Å². The number of benzene rings is 2. The predicted molar refractivity (Wildman–Crippen MR) is 154 cm³/mol. The molecule has 0 radical (unpaired) electrons. The molecule has 2 aromatic carbocycles. The van der Waals surface area contributed by atoms with Gasteiger partial charge in [-0.15, -0.1) is 0 Å². The van der Waals surface area contributed by atoms with Gasteiger partial charge in [-0.25, -0.2) is 0 Å². The number of aromatic nitrogens is 2. The molecule has 210 valence electrons. The quantitative estimate of drug-likeness (QED) is 0.417. The summed E-state index contributed by atoms with van der Waals surface area (Å²) < 4.78 is 0. The highest BCUT2D eigenvalue weighted by atomic mass is 16.2. The number of hydrogen-bond acceptors (Lipinski definition) is 4. The normalized spacial score (nSPS) is 20.4. The van der Waals surface area contributed by atoms with Gasteiger partial charge < -0.3 is 15.5 Å². The lowest BCUT2D eigenvalue weighted by atomic mass is 9.87. The van der Waals surface area contributed by atoms with E-state index in [0.29, 0.717) is 24.8 Å². The monoisotopic (exact) mass is 541 g/mol. The highest BCUT2D eigenvalue weighted by molar-refractivity contribution is 6.00. The van der Waals surface area contributed by atoms with Crippen LogP contribution >= 0.6 is 0 Å². The molecule has 3 aromatic rings. The Morgan fingerprint density at radius 3 is 2.23 bits per heavy atom. The number of aromatic amines is 1. The van der Waals surface area contributed by atoms with E-state index in [-0.39, 0.29) is 29.6 Å². The van der Waals surface area contributed by atoms with Crippen molar-refractivity contribution in [2.24, 2.45) is 11.8 Å². The zero-order valence-corrected chi connectivity index (χ0v) is 23.9. The first-order valence-corrected chi connectivity index (χ1v) is 14.1. The number of amides is 3. The van der Waals surface area contributed by atoms with Crippen molar-refractivity contribution in [1.82, 2.24) is 25.7 Å². The number of H-pyrrole nitrogens is 1. The molecule has 0 spiro atoms. The number of rotatable bonds is 7. The maximum Gasteiger partial charge on any atom is 0.247 e. The molecule has 3 atom stereocenters. The number of nitrogens with one attached hydrogen (secondary N) is 3.